The van der Waals surface area contributed by atoms with Gasteiger partial charge < -0.3 is 5.32 Å². The van der Waals surface area contributed by atoms with Crippen LogP contribution in [0.5, 0.6) is 0 Å². The second-order valence-corrected chi connectivity index (χ2v) is 5.09. The van der Waals surface area contributed by atoms with Gasteiger partial charge in [0, 0.05) is 30.9 Å². The van der Waals surface area contributed by atoms with E-state index >= 15 is 0 Å². The van der Waals surface area contributed by atoms with E-state index in [0.29, 0.717) is 12.6 Å². The van der Waals surface area contributed by atoms with Gasteiger partial charge in [-0.2, -0.15) is 5.26 Å². The number of hydrogen-bond acceptors (Lipinski definition) is 6. The molecule has 0 amide bonds. The van der Waals surface area contributed by atoms with Crippen LogP contribution in [0, 0.1) is 21.4 Å². The van der Waals surface area contributed by atoms with Crippen LogP contribution in [-0.2, 0) is 0 Å². The summed E-state index contributed by atoms with van der Waals surface area (Å²) in [6, 6.07) is 3.99. The number of likely N-dealkylation sites (N-methyl/N-ethyl adjacent to an activating group) is 1. The van der Waals surface area contributed by atoms with Crippen LogP contribution in [0.4, 0.5) is 11.5 Å². The molecular weight excluding hydrogens is 258 g/mol. The highest BCUT2D eigenvalue weighted by Crippen LogP contribution is 2.27. The van der Waals surface area contributed by atoms with Crippen molar-refractivity contribution in [1.29, 1.82) is 5.26 Å². The number of nitro groups is 1. The third kappa shape index (κ3) is 3.22. The molecule has 0 aliphatic heterocycles. The minimum absolute atomic E-state index is 0.162. The fraction of sp³-hybridized carbons (Fsp3) is 0.538. The lowest BCUT2D eigenvalue weighted by Crippen LogP contribution is -2.36. The van der Waals surface area contributed by atoms with E-state index in [-0.39, 0.29) is 23.1 Å². The molecule has 0 radical (unpaired) electrons. The minimum atomic E-state index is -0.522. The predicted octanol–water partition coefficient (Wildman–Crippen LogP) is 1.76. The monoisotopic (exact) mass is 275 g/mol. The average molecular weight is 275 g/mol. The fourth-order valence-electron chi connectivity index (χ4n) is 2.02. The second kappa shape index (κ2) is 5.84. The average Bonchev–Trinajstić information content (AvgIpc) is 3.28. The summed E-state index contributed by atoms with van der Waals surface area (Å²) in [6.07, 6.45) is 3.77. The standard InChI is InChI=1S/C13H17N5O2/c1-9(17(2)11-3-4-11)7-15-13-12(18(19)20)5-10(6-14)8-16-13/h5,8-9,11H,3-4,7H2,1-2H3,(H,15,16). The zero-order valence-electron chi connectivity index (χ0n) is 11.5. The van der Waals surface area contributed by atoms with E-state index in [9.17, 15) is 10.1 Å². The highest BCUT2D eigenvalue weighted by atomic mass is 16.6. The summed E-state index contributed by atoms with van der Waals surface area (Å²) >= 11 is 0. The van der Waals surface area contributed by atoms with Crippen molar-refractivity contribution < 1.29 is 4.92 Å². The summed E-state index contributed by atoms with van der Waals surface area (Å²) in [4.78, 5) is 16.7. The van der Waals surface area contributed by atoms with E-state index in [1.54, 1.807) is 0 Å². The third-order valence-corrected chi connectivity index (χ3v) is 3.58. The lowest BCUT2D eigenvalue weighted by molar-refractivity contribution is -0.384. The van der Waals surface area contributed by atoms with Crippen molar-refractivity contribution in [2.75, 3.05) is 18.9 Å². The zero-order valence-corrected chi connectivity index (χ0v) is 11.5. The Labute approximate surface area is 117 Å². The zero-order chi connectivity index (χ0) is 14.7. The Hall–Kier alpha value is -2.20. The molecule has 0 spiro atoms. The van der Waals surface area contributed by atoms with Crippen LogP contribution in [-0.4, -0.2) is 40.5 Å². The summed E-state index contributed by atoms with van der Waals surface area (Å²) < 4.78 is 0. The Kier molecular flexibility index (Phi) is 4.15. The van der Waals surface area contributed by atoms with Crippen LogP contribution in [0.2, 0.25) is 0 Å². The number of nitriles is 1. The summed E-state index contributed by atoms with van der Waals surface area (Å²) in [5.41, 5.74) is 0.0238. The van der Waals surface area contributed by atoms with Crippen molar-refractivity contribution in [2.45, 2.75) is 31.8 Å². The number of pyridine rings is 1. The van der Waals surface area contributed by atoms with Gasteiger partial charge in [0.05, 0.1) is 10.5 Å². The molecule has 7 heteroatoms. The Balaban J connectivity index is 2.05. The maximum Gasteiger partial charge on any atom is 0.312 e. The first-order valence-electron chi connectivity index (χ1n) is 6.53. The Morgan fingerprint density at radius 1 is 1.70 bits per heavy atom. The lowest BCUT2D eigenvalue weighted by atomic mass is 10.2. The van der Waals surface area contributed by atoms with Gasteiger partial charge in [0.2, 0.25) is 5.82 Å². The highest BCUT2D eigenvalue weighted by Gasteiger charge is 2.29. The van der Waals surface area contributed by atoms with Crippen molar-refractivity contribution in [2.24, 2.45) is 0 Å². The predicted molar refractivity (Wildman–Crippen MR) is 74.3 cm³/mol. The molecule has 1 aliphatic carbocycles. The van der Waals surface area contributed by atoms with E-state index in [0.717, 1.165) is 0 Å². The summed E-state index contributed by atoms with van der Waals surface area (Å²) in [6.45, 7) is 2.65. The molecule has 1 aliphatic rings. The number of anilines is 1. The second-order valence-electron chi connectivity index (χ2n) is 5.09. The van der Waals surface area contributed by atoms with E-state index in [4.69, 9.17) is 5.26 Å². The Morgan fingerprint density at radius 2 is 2.40 bits per heavy atom. The van der Waals surface area contributed by atoms with Gasteiger partial charge in [-0.1, -0.05) is 0 Å². The largest absolute Gasteiger partial charge is 0.363 e. The van der Waals surface area contributed by atoms with Crippen LogP contribution >= 0.6 is 0 Å². The Morgan fingerprint density at radius 3 is 2.95 bits per heavy atom. The van der Waals surface area contributed by atoms with Gasteiger partial charge in [-0.15, -0.1) is 0 Å². The van der Waals surface area contributed by atoms with Crippen molar-refractivity contribution in [1.82, 2.24) is 9.88 Å². The number of hydrogen-bond donors (Lipinski definition) is 1. The summed E-state index contributed by atoms with van der Waals surface area (Å²) in [5.74, 6) is 0.213. The van der Waals surface area contributed by atoms with Gasteiger partial charge in [-0.3, -0.25) is 15.0 Å². The van der Waals surface area contributed by atoms with E-state index in [2.05, 4.69) is 29.2 Å². The first kappa shape index (κ1) is 14.2. The Bertz CT molecular complexity index is 550. The van der Waals surface area contributed by atoms with Gasteiger partial charge in [0.15, 0.2) is 0 Å². The molecule has 20 heavy (non-hydrogen) atoms. The smallest absolute Gasteiger partial charge is 0.312 e. The van der Waals surface area contributed by atoms with Crippen LogP contribution in [0.15, 0.2) is 12.3 Å². The molecule has 0 saturated heterocycles. The van der Waals surface area contributed by atoms with Crippen LogP contribution in [0.25, 0.3) is 0 Å². The first-order valence-corrected chi connectivity index (χ1v) is 6.53. The molecule has 106 valence electrons. The SMILES string of the molecule is CC(CNc1ncc(C#N)cc1[N+](=O)[O-])N(C)C1CC1. The molecule has 1 fully saturated rings. The maximum atomic E-state index is 11.0. The molecule has 1 N–H and O–H groups in total. The molecule has 0 bridgehead atoms. The van der Waals surface area contributed by atoms with Gasteiger partial charge >= 0.3 is 5.69 Å². The van der Waals surface area contributed by atoms with E-state index in [1.165, 1.54) is 25.1 Å². The van der Waals surface area contributed by atoms with E-state index in [1.807, 2.05) is 6.07 Å². The third-order valence-electron chi connectivity index (χ3n) is 3.58. The van der Waals surface area contributed by atoms with Gasteiger partial charge in [-0.25, -0.2) is 4.98 Å². The molecule has 7 nitrogen and oxygen atoms in total. The lowest BCUT2D eigenvalue weighted by Gasteiger charge is -2.24. The maximum absolute atomic E-state index is 11.0. The first-order chi connectivity index (χ1) is 9.52. The topological polar surface area (TPSA) is 95.1 Å². The van der Waals surface area contributed by atoms with Crippen molar-refractivity contribution in [3.63, 3.8) is 0 Å². The van der Waals surface area contributed by atoms with Crippen LogP contribution < -0.4 is 5.32 Å². The molecule has 1 heterocycles. The minimum Gasteiger partial charge on any atom is -0.363 e. The van der Waals surface area contributed by atoms with Crippen LogP contribution in [0.1, 0.15) is 25.3 Å². The molecule has 1 saturated carbocycles. The van der Waals surface area contributed by atoms with Crippen molar-refractivity contribution in [3.05, 3.63) is 27.9 Å². The number of nitrogens with one attached hydrogen (secondary N) is 1. The molecule has 1 aromatic rings. The van der Waals surface area contributed by atoms with Gasteiger partial charge in [0.25, 0.3) is 0 Å². The number of aromatic nitrogens is 1. The van der Waals surface area contributed by atoms with Gasteiger partial charge in [-0.05, 0) is 26.8 Å². The molecule has 0 aromatic carbocycles. The molecule has 1 aromatic heterocycles. The van der Waals surface area contributed by atoms with Crippen LogP contribution in [0.3, 0.4) is 0 Å². The molecule has 1 atom stereocenters. The quantitative estimate of drug-likeness (QED) is 0.627. The highest BCUT2D eigenvalue weighted by molar-refractivity contribution is 5.58. The number of rotatable bonds is 6. The molecule has 1 unspecified atom stereocenters. The fourth-order valence-corrected chi connectivity index (χ4v) is 2.02. The normalized spacial score (nSPS) is 15.7. The van der Waals surface area contributed by atoms with Gasteiger partial charge in [0.1, 0.15) is 6.07 Å². The summed E-state index contributed by atoms with van der Waals surface area (Å²) in [7, 11) is 2.06. The van der Waals surface area contributed by atoms with Crippen molar-refractivity contribution >= 4 is 11.5 Å². The molecule has 2 rings (SSSR count). The van der Waals surface area contributed by atoms with Crippen molar-refractivity contribution in [3.8, 4) is 6.07 Å². The van der Waals surface area contributed by atoms with E-state index < -0.39 is 4.92 Å². The number of nitrogens with zero attached hydrogens (tertiary/aromatic N) is 4. The summed E-state index contributed by atoms with van der Waals surface area (Å²) in [5, 5.41) is 22.8. The molecular formula is C13H17N5O2.